The Bertz CT molecular complexity index is 1340. The molecule has 0 aliphatic heterocycles. The van der Waals surface area contributed by atoms with Crippen LogP contribution in [0.3, 0.4) is 0 Å². The van der Waals surface area contributed by atoms with Gasteiger partial charge in [-0.25, -0.2) is 13.6 Å². The molecule has 0 amide bonds. The van der Waals surface area contributed by atoms with E-state index in [4.69, 9.17) is 19.3 Å². The molecule has 8 heteroatoms. The third-order valence-electron chi connectivity index (χ3n) is 4.91. The first-order chi connectivity index (χ1) is 13.9. The van der Waals surface area contributed by atoms with Gasteiger partial charge in [0.25, 0.3) is 0 Å². The Kier molecular flexibility index (Phi) is 4.60. The molecule has 4 aromatic rings. The lowest BCUT2D eigenvalue weighted by atomic mass is 10.0. The normalized spacial score (nSPS) is 11.7. The first-order valence-corrected chi connectivity index (χ1v) is 10.3. The van der Waals surface area contributed by atoms with E-state index in [0.29, 0.717) is 17.2 Å². The molecule has 0 fully saturated rings. The molecule has 0 aliphatic rings. The molecule has 0 radical (unpaired) electrons. The number of sulfonamides is 1. The lowest BCUT2D eigenvalue weighted by Crippen LogP contribution is -2.11. The maximum Gasteiger partial charge on any atom is 0.238 e. The molecule has 0 unspecified atom stereocenters. The summed E-state index contributed by atoms with van der Waals surface area (Å²) < 4.78 is 40.0. The van der Waals surface area contributed by atoms with Gasteiger partial charge in [-0.2, -0.15) is 0 Å². The lowest BCUT2D eigenvalue weighted by Gasteiger charge is -2.16. The van der Waals surface area contributed by atoms with Gasteiger partial charge in [-0.05, 0) is 48.0 Å². The number of methoxy groups -OCH3 is 3. The summed E-state index contributed by atoms with van der Waals surface area (Å²) in [6.45, 7) is 0. The monoisotopic (exact) mass is 412 g/mol. The summed E-state index contributed by atoms with van der Waals surface area (Å²) in [5, 5.41) is 6.94. The SMILES string of the molecule is COc1ccc(-c2ccc3[nH]c4ccc(S(N)(=O)=O)cc4c3c2)c(OC)c1OC. The van der Waals surface area contributed by atoms with E-state index in [1.807, 2.05) is 30.3 Å². The van der Waals surface area contributed by atoms with E-state index in [-0.39, 0.29) is 4.90 Å². The number of ether oxygens (including phenoxy) is 3. The Hall–Kier alpha value is -3.23. The van der Waals surface area contributed by atoms with Gasteiger partial charge in [-0.1, -0.05) is 6.07 Å². The zero-order chi connectivity index (χ0) is 20.8. The molecule has 4 rings (SSSR count). The minimum Gasteiger partial charge on any atom is -0.493 e. The summed E-state index contributed by atoms with van der Waals surface area (Å²) in [5.74, 6) is 1.62. The molecule has 0 spiro atoms. The van der Waals surface area contributed by atoms with Gasteiger partial charge in [0.2, 0.25) is 15.8 Å². The number of primary sulfonamides is 1. The molecule has 0 saturated heterocycles. The van der Waals surface area contributed by atoms with Crippen LogP contribution in [-0.2, 0) is 10.0 Å². The molecule has 1 aromatic heterocycles. The minimum absolute atomic E-state index is 0.0694. The highest BCUT2D eigenvalue weighted by Gasteiger charge is 2.18. The van der Waals surface area contributed by atoms with Crippen molar-refractivity contribution >= 4 is 31.8 Å². The molecule has 0 aliphatic carbocycles. The fraction of sp³-hybridized carbons (Fsp3) is 0.143. The number of nitrogens with one attached hydrogen (secondary N) is 1. The Balaban J connectivity index is 1.97. The average Bonchev–Trinajstić information content (AvgIpc) is 3.08. The molecule has 0 atom stereocenters. The van der Waals surface area contributed by atoms with Gasteiger partial charge in [0, 0.05) is 27.4 Å². The molecular formula is C21H20N2O5S. The second-order valence-corrected chi connectivity index (χ2v) is 8.08. The van der Waals surface area contributed by atoms with Crippen LogP contribution in [0.4, 0.5) is 0 Å². The van der Waals surface area contributed by atoms with Crippen molar-refractivity contribution in [2.75, 3.05) is 21.3 Å². The third-order valence-corrected chi connectivity index (χ3v) is 5.82. The first-order valence-electron chi connectivity index (χ1n) is 8.75. The highest BCUT2D eigenvalue weighted by Crippen LogP contribution is 2.45. The number of nitrogens with two attached hydrogens (primary N) is 1. The summed E-state index contributed by atoms with van der Waals surface area (Å²) in [6, 6.07) is 14.4. The van der Waals surface area contributed by atoms with E-state index < -0.39 is 10.0 Å². The fourth-order valence-electron chi connectivity index (χ4n) is 3.55. The van der Waals surface area contributed by atoms with E-state index in [2.05, 4.69) is 4.98 Å². The van der Waals surface area contributed by atoms with Crippen LogP contribution in [0.1, 0.15) is 0 Å². The second-order valence-electron chi connectivity index (χ2n) is 6.52. The number of hydrogen-bond donors (Lipinski definition) is 2. The molecule has 29 heavy (non-hydrogen) atoms. The van der Waals surface area contributed by atoms with Crippen molar-refractivity contribution in [3.8, 4) is 28.4 Å². The predicted molar refractivity (Wildman–Crippen MR) is 112 cm³/mol. The molecule has 150 valence electrons. The highest BCUT2D eigenvalue weighted by atomic mass is 32.2. The summed E-state index contributed by atoms with van der Waals surface area (Å²) in [4.78, 5) is 3.36. The standard InChI is InChI=1S/C21H20N2O5S/c1-26-19-9-6-14(20(27-2)21(19)28-3)12-4-7-17-15(10-12)16-11-13(29(22,24)25)5-8-18(16)23-17/h4-11,23H,1-3H3,(H2,22,24,25). The number of benzene rings is 3. The van der Waals surface area contributed by atoms with Gasteiger partial charge in [-0.15, -0.1) is 0 Å². The fourth-order valence-corrected chi connectivity index (χ4v) is 4.09. The van der Waals surface area contributed by atoms with Crippen molar-refractivity contribution in [2.45, 2.75) is 4.90 Å². The molecular weight excluding hydrogens is 392 g/mol. The number of aromatic amines is 1. The van der Waals surface area contributed by atoms with Crippen molar-refractivity contribution in [3.05, 3.63) is 48.5 Å². The Morgan fingerprint density at radius 1 is 0.793 bits per heavy atom. The van der Waals surface area contributed by atoms with Gasteiger partial charge < -0.3 is 19.2 Å². The van der Waals surface area contributed by atoms with Gasteiger partial charge in [-0.3, -0.25) is 0 Å². The Labute approximate surface area is 168 Å². The molecule has 0 bridgehead atoms. The van der Waals surface area contributed by atoms with Crippen molar-refractivity contribution < 1.29 is 22.6 Å². The van der Waals surface area contributed by atoms with Crippen LogP contribution in [0.5, 0.6) is 17.2 Å². The van der Waals surface area contributed by atoms with Crippen LogP contribution in [0, 0.1) is 0 Å². The molecule has 3 aromatic carbocycles. The topological polar surface area (TPSA) is 104 Å². The number of rotatable bonds is 5. The lowest BCUT2D eigenvalue weighted by molar-refractivity contribution is 0.325. The van der Waals surface area contributed by atoms with E-state index in [0.717, 1.165) is 32.9 Å². The zero-order valence-corrected chi connectivity index (χ0v) is 17.0. The van der Waals surface area contributed by atoms with Crippen molar-refractivity contribution in [3.63, 3.8) is 0 Å². The number of fused-ring (bicyclic) bond motifs is 3. The van der Waals surface area contributed by atoms with E-state index in [1.54, 1.807) is 33.5 Å². The van der Waals surface area contributed by atoms with E-state index in [9.17, 15) is 8.42 Å². The van der Waals surface area contributed by atoms with Crippen molar-refractivity contribution in [2.24, 2.45) is 5.14 Å². The molecule has 7 nitrogen and oxygen atoms in total. The molecule has 0 saturated carbocycles. The van der Waals surface area contributed by atoms with Gasteiger partial charge >= 0.3 is 0 Å². The number of hydrogen-bond acceptors (Lipinski definition) is 5. The van der Waals surface area contributed by atoms with Crippen LogP contribution in [0.25, 0.3) is 32.9 Å². The molecule has 3 N–H and O–H groups in total. The maximum atomic E-state index is 11.8. The predicted octanol–water partition coefficient (Wildman–Crippen LogP) is 3.66. The van der Waals surface area contributed by atoms with Crippen molar-refractivity contribution in [1.82, 2.24) is 4.98 Å². The first kappa shape index (κ1) is 19.1. The third kappa shape index (κ3) is 3.16. The van der Waals surface area contributed by atoms with Crippen LogP contribution >= 0.6 is 0 Å². The Morgan fingerprint density at radius 2 is 1.45 bits per heavy atom. The maximum absolute atomic E-state index is 11.8. The quantitative estimate of drug-likeness (QED) is 0.521. The van der Waals surface area contributed by atoms with Crippen molar-refractivity contribution in [1.29, 1.82) is 0 Å². The van der Waals surface area contributed by atoms with Crippen LogP contribution in [-0.4, -0.2) is 34.7 Å². The zero-order valence-electron chi connectivity index (χ0n) is 16.1. The van der Waals surface area contributed by atoms with E-state index >= 15 is 0 Å². The summed E-state index contributed by atoms with van der Waals surface area (Å²) in [7, 11) is 0.903. The second kappa shape index (κ2) is 6.98. The summed E-state index contributed by atoms with van der Waals surface area (Å²) >= 11 is 0. The van der Waals surface area contributed by atoms with Gasteiger partial charge in [0.05, 0.1) is 26.2 Å². The van der Waals surface area contributed by atoms with Crippen LogP contribution in [0.2, 0.25) is 0 Å². The highest BCUT2D eigenvalue weighted by molar-refractivity contribution is 7.89. The van der Waals surface area contributed by atoms with Gasteiger partial charge in [0.1, 0.15) is 0 Å². The summed E-state index contributed by atoms with van der Waals surface area (Å²) in [5.41, 5.74) is 3.42. The van der Waals surface area contributed by atoms with Gasteiger partial charge in [0.15, 0.2) is 11.5 Å². The Morgan fingerprint density at radius 3 is 2.07 bits per heavy atom. The largest absolute Gasteiger partial charge is 0.493 e. The minimum atomic E-state index is -3.79. The number of aromatic nitrogens is 1. The number of H-pyrrole nitrogens is 1. The van der Waals surface area contributed by atoms with E-state index in [1.165, 1.54) is 6.07 Å². The van der Waals surface area contributed by atoms with Crippen LogP contribution < -0.4 is 19.3 Å². The molecule has 1 heterocycles. The summed E-state index contributed by atoms with van der Waals surface area (Å²) in [6.07, 6.45) is 0. The smallest absolute Gasteiger partial charge is 0.238 e. The van der Waals surface area contributed by atoms with Crippen LogP contribution in [0.15, 0.2) is 53.4 Å². The average molecular weight is 412 g/mol.